The van der Waals surface area contributed by atoms with Crippen LogP contribution in [0.25, 0.3) is 0 Å². The third-order valence-electron chi connectivity index (χ3n) is 2.81. The maximum atomic E-state index is 8.50. The summed E-state index contributed by atoms with van der Waals surface area (Å²) in [7, 11) is -0.861. The molecule has 4 heteroatoms. The van der Waals surface area contributed by atoms with Crippen LogP contribution in [0.15, 0.2) is 22.3 Å². The molecule has 105 valence electrons. The topological polar surface area (TPSA) is 34.1 Å². The van der Waals surface area contributed by atoms with Crippen molar-refractivity contribution in [2.45, 2.75) is 54.3 Å². The average molecular weight is 350 g/mol. The molecule has 0 aromatic heterocycles. The molecule has 2 nitrogen and oxygen atoms in total. The van der Waals surface area contributed by atoms with Crippen LogP contribution in [0.4, 0.5) is 0 Å². The number of rotatable bonds is 0. The Morgan fingerprint density at radius 3 is 1.00 bits per heavy atom. The molecule has 0 N–H and O–H groups in total. The fraction of sp³-hybridized carbons (Fsp3) is 0.571. The van der Waals surface area contributed by atoms with E-state index in [0.29, 0.717) is 0 Å². The van der Waals surface area contributed by atoms with Gasteiger partial charge in [-0.3, -0.25) is 0 Å². The van der Waals surface area contributed by atoms with Crippen LogP contribution in [-0.2, 0) is 25.3 Å². The van der Waals surface area contributed by atoms with Crippen LogP contribution in [-0.4, -0.2) is 8.07 Å². The molecule has 1 radical (unpaired) electrons. The normalized spacial score (nSPS) is 15.8. The van der Waals surface area contributed by atoms with Crippen molar-refractivity contribution in [3.8, 4) is 0 Å². The van der Waals surface area contributed by atoms with Crippen molar-refractivity contribution in [1.82, 2.24) is 0 Å². The van der Waals surface area contributed by atoms with E-state index >= 15 is 0 Å². The molecule has 0 fully saturated rings. The summed E-state index contributed by atoms with van der Waals surface area (Å²) in [5, 5.41) is 0. The maximum absolute atomic E-state index is 8.50. The second-order valence-electron chi connectivity index (χ2n) is 5.75. The Hall–Kier alpha value is -0.0148. The second kappa shape index (κ2) is 8.98. The summed E-state index contributed by atoms with van der Waals surface area (Å²) in [5.74, 6) is 1.47. The van der Waals surface area contributed by atoms with Gasteiger partial charge in [0.1, 0.15) is 0 Å². The summed E-state index contributed by atoms with van der Waals surface area (Å²) < 4.78 is 17.0. The quantitative estimate of drug-likeness (QED) is 0.468. The molecule has 1 aliphatic rings. The van der Waals surface area contributed by atoms with E-state index in [-0.39, 0.29) is 0 Å². The van der Waals surface area contributed by atoms with E-state index in [4.69, 9.17) is 6.80 Å². The molecule has 0 heterocycles. The summed E-state index contributed by atoms with van der Waals surface area (Å²) in [6.07, 6.45) is 0. The number of allylic oxidation sites excluding steroid dienone is 4. The van der Waals surface area contributed by atoms with Gasteiger partial charge in [-0.15, -0.1) is 8.07 Å². The molecule has 0 aliphatic heterocycles. The first-order chi connectivity index (χ1) is 7.97. The van der Waals surface area contributed by atoms with Crippen molar-refractivity contribution >= 4 is 8.07 Å². The van der Waals surface area contributed by atoms with Crippen LogP contribution in [0.3, 0.4) is 0 Å². The van der Waals surface area contributed by atoms with Gasteiger partial charge in [-0.2, -0.15) is 0 Å². The Morgan fingerprint density at radius 1 is 0.778 bits per heavy atom. The van der Waals surface area contributed by atoms with Gasteiger partial charge in [-0.25, -0.2) is 0 Å². The van der Waals surface area contributed by atoms with Gasteiger partial charge in [-0.1, -0.05) is 37.7 Å². The van der Waals surface area contributed by atoms with E-state index in [2.05, 4.69) is 60.8 Å². The Bertz CT molecular complexity index is 340. The molecule has 0 saturated carbocycles. The van der Waals surface area contributed by atoms with Gasteiger partial charge in [0.25, 0.3) is 0 Å². The Morgan fingerprint density at radius 2 is 0.944 bits per heavy atom. The zero-order valence-electron chi connectivity index (χ0n) is 12.9. The van der Waals surface area contributed by atoms with Crippen molar-refractivity contribution < 1.29 is 25.3 Å². The van der Waals surface area contributed by atoms with Crippen molar-refractivity contribution in [2.24, 2.45) is 0 Å². The molecule has 0 saturated heterocycles. The van der Waals surface area contributed by atoms with Crippen molar-refractivity contribution in [1.29, 1.82) is 0 Å². The summed E-state index contributed by atoms with van der Waals surface area (Å²) in [4.78, 5) is 0. The minimum atomic E-state index is -2.03. The van der Waals surface area contributed by atoms with E-state index in [0.717, 1.165) is 0 Å². The fourth-order valence-corrected chi connectivity index (χ4v) is 1.41. The Balaban J connectivity index is 0. The average Bonchev–Trinajstić information content (AvgIpc) is 2.35. The van der Waals surface area contributed by atoms with E-state index in [1.54, 1.807) is 0 Å². The van der Waals surface area contributed by atoms with Crippen LogP contribution in [0.1, 0.15) is 34.6 Å². The molecule has 0 bridgehead atoms. The SMILES string of the molecule is C[C]1C(C)=C(C)C(C)=C1C.[CH2-][Si](C)(C)C.[O]=[Mo]=[O]. The first kappa shape index (κ1) is 20.3. The summed E-state index contributed by atoms with van der Waals surface area (Å²) in [6, 6.07) is 0. The molecule has 1 aliphatic carbocycles. The minimum absolute atomic E-state index is 0.861. The monoisotopic (exact) mass is 352 g/mol. The van der Waals surface area contributed by atoms with E-state index in [9.17, 15) is 0 Å². The molecule has 1 rings (SSSR count). The zero-order chi connectivity index (χ0) is 15.1. The molecule has 18 heavy (non-hydrogen) atoms. The zero-order valence-corrected chi connectivity index (χ0v) is 15.9. The number of hydrogen-bond acceptors (Lipinski definition) is 2. The van der Waals surface area contributed by atoms with Gasteiger partial charge < -0.3 is 6.55 Å². The van der Waals surface area contributed by atoms with Crippen molar-refractivity contribution in [3.63, 3.8) is 0 Å². The molecule has 0 aromatic rings. The molecule has 0 spiro atoms. The van der Waals surface area contributed by atoms with Crippen molar-refractivity contribution in [2.75, 3.05) is 0 Å². The Labute approximate surface area is 122 Å². The Kier molecular flexibility index (Phi) is 10.1. The van der Waals surface area contributed by atoms with Gasteiger partial charge >= 0.3 is 25.3 Å². The summed E-state index contributed by atoms with van der Waals surface area (Å²) in [5.41, 5.74) is 5.87. The van der Waals surface area contributed by atoms with Gasteiger partial charge in [0.05, 0.1) is 0 Å². The van der Waals surface area contributed by atoms with E-state index < -0.39 is 26.6 Å². The fourth-order valence-electron chi connectivity index (χ4n) is 1.41. The number of hydrogen-bond donors (Lipinski definition) is 0. The van der Waals surface area contributed by atoms with Crippen LogP contribution in [0.5, 0.6) is 0 Å². The standard InChI is InChI=1S/C10H15.C4H11Si.Mo.2O/c1-6-7(2)9(4)10(5)8(6)3;1-5(2,3)4;;;/h1-5H3;1H2,2-4H3;;;/q;-1;;;. The van der Waals surface area contributed by atoms with Crippen LogP contribution >= 0.6 is 0 Å². The third-order valence-corrected chi connectivity index (χ3v) is 2.81. The summed E-state index contributed by atoms with van der Waals surface area (Å²) in [6.45, 7) is 21.6. The second-order valence-corrected chi connectivity index (χ2v) is 11.2. The van der Waals surface area contributed by atoms with Crippen LogP contribution in [0.2, 0.25) is 19.6 Å². The first-order valence-corrected chi connectivity index (χ1v) is 11.3. The van der Waals surface area contributed by atoms with Gasteiger partial charge in [0.2, 0.25) is 0 Å². The predicted octanol–water partition coefficient (Wildman–Crippen LogP) is 4.72. The summed E-state index contributed by atoms with van der Waals surface area (Å²) >= 11 is -2.03. The van der Waals surface area contributed by atoms with E-state index in [1.165, 1.54) is 28.2 Å². The van der Waals surface area contributed by atoms with Gasteiger partial charge in [-0.05, 0) is 38.8 Å². The van der Waals surface area contributed by atoms with Gasteiger partial charge in [0, 0.05) is 5.92 Å². The molecule has 0 aromatic carbocycles. The first-order valence-electron chi connectivity index (χ1n) is 5.94. The molecule has 0 amide bonds. The van der Waals surface area contributed by atoms with Crippen LogP contribution in [0, 0.1) is 12.5 Å². The third kappa shape index (κ3) is 8.99. The van der Waals surface area contributed by atoms with Crippen molar-refractivity contribution in [3.05, 3.63) is 34.8 Å². The molecule has 0 unspecified atom stereocenters. The van der Waals surface area contributed by atoms with E-state index in [1.807, 2.05) is 0 Å². The molecular weight excluding hydrogens is 324 g/mol. The molecular formula is C14H26MoO2Si-. The van der Waals surface area contributed by atoms with Gasteiger partial charge in [0.15, 0.2) is 0 Å². The van der Waals surface area contributed by atoms with Crippen LogP contribution < -0.4 is 0 Å². The molecule has 0 atom stereocenters. The predicted molar refractivity (Wildman–Crippen MR) is 75.7 cm³/mol.